The Morgan fingerprint density at radius 2 is 1.65 bits per heavy atom. The number of carbonyl (C=O) groups excluding carboxylic acids is 2. The normalized spacial score (nSPS) is 20.9. The molecule has 0 unspecified atom stereocenters. The molecule has 164 valence electrons. The highest BCUT2D eigenvalue weighted by molar-refractivity contribution is 5.94. The highest BCUT2D eigenvalue weighted by Gasteiger charge is 2.44. The van der Waals surface area contributed by atoms with Crippen LogP contribution in [0.25, 0.3) is 0 Å². The highest BCUT2D eigenvalue weighted by Crippen LogP contribution is 2.29. The van der Waals surface area contributed by atoms with Gasteiger partial charge >= 0.3 is 0 Å². The zero-order valence-corrected chi connectivity index (χ0v) is 18.3. The molecule has 0 bridgehead atoms. The quantitative estimate of drug-likeness (QED) is 0.759. The maximum absolute atomic E-state index is 14.2. The highest BCUT2D eigenvalue weighted by atomic mass is 19.1. The summed E-state index contributed by atoms with van der Waals surface area (Å²) in [7, 11) is 0. The minimum absolute atomic E-state index is 0.0499. The number of hydrogen-bond acceptors (Lipinski definition) is 3. The molecule has 0 aliphatic carbocycles. The van der Waals surface area contributed by atoms with Crippen LogP contribution < -0.4 is 0 Å². The van der Waals surface area contributed by atoms with Crippen molar-refractivity contribution in [2.24, 2.45) is 0 Å². The Kier molecular flexibility index (Phi) is 6.10. The second-order valence-electron chi connectivity index (χ2n) is 9.15. The number of amides is 2. The molecule has 0 N–H and O–H groups in total. The molecule has 31 heavy (non-hydrogen) atoms. The van der Waals surface area contributed by atoms with Crippen molar-refractivity contribution in [3.63, 3.8) is 0 Å². The molecule has 2 aromatic carbocycles. The van der Waals surface area contributed by atoms with Gasteiger partial charge in [0.25, 0.3) is 5.91 Å². The van der Waals surface area contributed by atoms with E-state index in [9.17, 15) is 14.0 Å². The average molecular weight is 424 g/mol. The summed E-state index contributed by atoms with van der Waals surface area (Å²) in [4.78, 5) is 32.0. The molecule has 2 amide bonds. The molecular weight excluding hydrogens is 393 g/mol. The first-order valence-corrected chi connectivity index (χ1v) is 11.0. The third-order valence-electron chi connectivity index (χ3n) is 6.48. The number of halogens is 1. The fraction of sp³-hybridized carbons (Fsp3) is 0.440. The summed E-state index contributed by atoms with van der Waals surface area (Å²) in [5.41, 5.74) is 1.04. The van der Waals surface area contributed by atoms with Crippen LogP contribution in [0.2, 0.25) is 0 Å². The van der Waals surface area contributed by atoms with Gasteiger partial charge in [0, 0.05) is 50.7 Å². The van der Waals surface area contributed by atoms with Crippen molar-refractivity contribution in [3.05, 3.63) is 71.5 Å². The Morgan fingerprint density at radius 1 is 0.968 bits per heavy atom. The van der Waals surface area contributed by atoms with Crippen molar-refractivity contribution in [3.8, 4) is 0 Å². The number of rotatable bonds is 4. The number of aryl methyl sites for hydroxylation is 1. The van der Waals surface area contributed by atoms with E-state index in [1.54, 1.807) is 17.0 Å². The molecule has 2 fully saturated rings. The lowest BCUT2D eigenvalue weighted by molar-refractivity contribution is -0.138. The van der Waals surface area contributed by atoms with Crippen LogP contribution in [-0.4, -0.2) is 70.8 Å². The monoisotopic (exact) mass is 423 g/mol. The lowest BCUT2D eigenvalue weighted by Crippen LogP contribution is -2.70. The lowest BCUT2D eigenvalue weighted by atomic mass is 9.92. The van der Waals surface area contributed by atoms with Crippen molar-refractivity contribution in [1.82, 2.24) is 14.7 Å². The average Bonchev–Trinajstić information content (AvgIpc) is 2.77. The van der Waals surface area contributed by atoms with E-state index in [0.717, 1.165) is 18.5 Å². The van der Waals surface area contributed by atoms with Gasteiger partial charge in [-0.1, -0.05) is 42.5 Å². The lowest BCUT2D eigenvalue weighted by Gasteiger charge is -2.55. The molecule has 2 aliphatic heterocycles. The minimum Gasteiger partial charge on any atom is -0.340 e. The van der Waals surface area contributed by atoms with Crippen LogP contribution in [0.5, 0.6) is 0 Å². The van der Waals surface area contributed by atoms with Gasteiger partial charge in [0.15, 0.2) is 0 Å². The summed E-state index contributed by atoms with van der Waals surface area (Å²) in [6, 6.07) is 16.2. The summed E-state index contributed by atoms with van der Waals surface area (Å²) in [5.74, 6) is -0.619. The minimum atomic E-state index is -0.492. The first-order valence-electron chi connectivity index (χ1n) is 11.0. The second-order valence-corrected chi connectivity index (χ2v) is 9.15. The number of piperazine rings is 2. The van der Waals surface area contributed by atoms with Crippen LogP contribution in [0, 0.1) is 5.82 Å². The molecule has 2 heterocycles. The van der Waals surface area contributed by atoms with Crippen LogP contribution in [0.3, 0.4) is 0 Å². The zero-order chi connectivity index (χ0) is 22.0. The Balaban J connectivity index is 1.43. The largest absolute Gasteiger partial charge is 0.340 e. The van der Waals surface area contributed by atoms with Gasteiger partial charge in [-0.2, -0.15) is 0 Å². The van der Waals surface area contributed by atoms with Gasteiger partial charge in [0.2, 0.25) is 5.91 Å². The van der Waals surface area contributed by atoms with Gasteiger partial charge in [-0.15, -0.1) is 0 Å². The van der Waals surface area contributed by atoms with Crippen molar-refractivity contribution in [1.29, 1.82) is 0 Å². The first kappa shape index (κ1) is 21.5. The summed E-state index contributed by atoms with van der Waals surface area (Å²) < 4.78 is 14.2. The Hall–Kier alpha value is -2.73. The fourth-order valence-electron chi connectivity index (χ4n) is 4.93. The van der Waals surface area contributed by atoms with E-state index < -0.39 is 5.82 Å². The molecule has 0 aromatic heterocycles. The van der Waals surface area contributed by atoms with Gasteiger partial charge in [-0.25, -0.2) is 4.39 Å². The number of benzene rings is 2. The van der Waals surface area contributed by atoms with E-state index in [-0.39, 0.29) is 29.0 Å². The summed E-state index contributed by atoms with van der Waals surface area (Å²) >= 11 is 0. The number of hydrogen-bond donors (Lipinski definition) is 0. The van der Waals surface area contributed by atoms with E-state index in [4.69, 9.17) is 0 Å². The van der Waals surface area contributed by atoms with Crippen molar-refractivity contribution in [2.75, 3.05) is 32.7 Å². The van der Waals surface area contributed by atoms with E-state index >= 15 is 0 Å². The van der Waals surface area contributed by atoms with Crippen LogP contribution >= 0.6 is 0 Å². The smallest absolute Gasteiger partial charge is 0.256 e. The molecule has 1 atom stereocenters. The van der Waals surface area contributed by atoms with E-state index in [1.807, 2.05) is 35.2 Å². The molecule has 2 aliphatic rings. The van der Waals surface area contributed by atoms with E-state index in [1.165, 1.54) is 12.1 Å². The van der Waals surface area contributed by atoms with Gasteiger partial charge in [0.05, 0.1) is 5.56 Å². The van der Waals surface area contributed by atoms with E-state index in [0.29, 0.717) is 32.6 Å². The summed E-state index contributed by atoms with van der Waals surface area (Å²) in [6.45, 7) is 7.36. The van der Waals surface area contributed by atoms with Crippen molar-refractivity contribution in [2.45, 2.75) is 38.3 Å². The van der Waals surface area contributed by atoms with Gasteiger partial charge in [-0.3, -0.25) is 14.5 Å². The molecule has 0 saturated carbocycles. The molecule has 0 spiro atoms. The Labute approximate surface area is 183 Å². The summed E-state index contributed by atoms with van der Waals surface area (Å²) in [5, 5.41) is 0. The molecule has 2 aromatic rings. The Morgan fingerprint density at radius 3 is 2.39 bits per heavy atom. The SMILES string of the molecule is CC1(C)CN(C(=O)c2ccccc2F)C[C@@H]2CN(C(=O)CCc3ccccc3)CCN21. The molecular formula is C25H30FN3O2. The standard InChI is InChI=1S/C25H30FN3O2/c1-25(2)18-28(24(31)21-10-6-7-11-22(21)26)17-20-16-27(14-15-29(20)25)23(30)13-12-19-8-4-3-5-9-19/h3-11,20H,12-18H2,1-2H3/t20-/m0/s1. The number of fused-ring (bicyclic) bond motifs is 1. The van der Waals surface area contributed by atoms with E-state index in [2.05, 4.69) is 18.7 Å². The predicted molar refractivity (Wildman–Crippen MR) is 118 cm³/mol. The van der Waals surface area contributed by atoms with Crippen molar-refractivity contribution >= 4 is 11.8 Å². The third-order valence-corrected chi connectivity index (χ3v) is 6.48. The van der Waals surface area contributed by atoms with Gasteiger partial charge in [0.1, 0.15) is 5.82 Å². The molecule has 2 saturated heterocycles. The van der Waals surface area contributed by atoms with Crippen LogP contribution in [0.1, 0.15) is 36.2 Å². The van der Waals surface area contributed by atoms with Gasteiger partial charge < -0.3 is 9.80 Å². The summed E-state index contributed by atoms with van der Waals surface area (Å²) in [6.07, 6.45) is 1.21. The van der Waals surface area contributed by atoms with Crippen LogP contribution in [0.15, 0.2) is 54.6 Å². The molecule has 6 heteroatoms. The maximum atomic E-state index is 14.2. The molecule has 4 rings (SSSR count). The number of nitrogens with zero attached hydrogens (tertiary/aromatic N) is 3. The van der Waals surface area contributed by atoms with Crippen molar-refractivity contribution < 1.29 is 14.0 Å². The van der Waals surface area contributed by atoms with Crippen LogP contribution in [-0.2, 0) is 11.2 Å². The Bertz CT molecular complexity index is 947. The molecule has 5 nitrogen and oxygen atoms in total. The zero-order valence-electron chi connectivity index (χ0n) is 18.3. The fourth-order valence-corrected chi connectivity index (χ4v) is 4.93. The second kappa shape index (κ2) is 8.79. The van der Waals surface area contributed by atoms with Gasteiger partial charge in [-0.05, 0) is 38.0 Å². The van der Waals surface area contributed by atoms with Crippen LogP contribution in [0.4, 0.5) is 4.39 Å². The maximum Gasteiger partial charge on any atom is 0.256 e. The molecule has 0 radical (unpaired) electrons. The topological polar surface area (TPSA) is 43.9 Å². The third kappa shape index (κ3) is 4.64. The number of carbonyl (C=O) groups is 2. The predicted octanol–water partition coefficient (Wildman–Crippen LogP) is 3.21. The first-order chi connectivity index (χ1) is 14.8.